The van der Waals surface area contributed by atoms with Crippen molar-refractivity contribution in [2.24, 2.45) is 11.7 Å². The minimum Gasteiger partial charge on any atom is -0.383 e. The number of hydrogen-bond acceptors (Lipinski definition) is 4. The van der Waals surface area contributed by atoms with E-state index in [4.69, 9.17) is 15.5 Å². The minimum atomic E-state index is -0.449. The first-order valence-corrected chi connectivity index (χ1v) is 12.3. The zero-order chi connectivity index (χ0) is 24.5. The lowest BCUT2D eigenvalue weighted by atomic mass is 9.73. The Hall–Kier alpha value is -3.32. The Morgan fingerprint density at radius 3 is 2.69 bits per heavy atom. The van der Waals surface area contributed by atoms with Gasteiger partial charge in [0.05, 0.1) is 23.2 Å². The van der Waals surface area contributed by atoms with Gasteiger partial charge in [-0.15, -0.1) is 0 Å². The summed E-state index contributed by atoms with van der Waals surface area (Å²) in [6.45, 7) is 3.54. The lowest BCUT2D eigenvalue weighted by Crippen LogP contribution is -2.21. The maximum Gasteiger partial charge on any atom is 0.248 e. The van der Waals surface area contributed by atoms with E-state index in [1.54, 1.807) is 31.4 Å². The van der Waals surface area contributed by atoms with Crippen LogP contribution in [0.5, 0.6) is 0 Å². The number of carbonyl (C=O) groups is 1. The summed E-state index contributed by atoms with van der Waals surface area (Å²) in [6, 6.07) is 12.4. The summed E-state index contributed by atoms with van der Waals surface area (Å²) in [5, 5.41) is 0.926. The van der Waals surface area contributed by atoms with Crippen molar-refractivity contribution in [3.8, 4) is 0 Å². The highest BCUT2D eigenvalue weighted by atomic mass is 19.1. The van der Waals surface area contributed by atoms with Crippen LogP contribution in [0.15, 0.2) is 48.7 Å². The number of fused-ring (bicyclic) bond motifs is 2. The number of carbonyl (C=O) groups excluding carboxylic acids is 1. The van der Waals surface area contributed by atoms with E-state index >= 15 is 0 Å². The average molecular weight is 475 g/mol. The SMILES string of the molecule is COCCn1c(C(C)C2CCC(c3ccnc4ccc(F)cc34)CC2)nc2cc(C(N)=O)ccc21. The number of halogens is 1. The lowest BCUT2D eigenvalue weighted by molar-refractivity contribution is 0.100. The summed E-state index contributed by atoms with van der Waals surface area (Å²) >= 11 is 0. The molecule has 0 saturated heterocycles. The van der Waals surface area contributed by atoms with Crippen LogP contribution < -0.4 is 5.73 Å². The number of nitrogens with zero attached hydrogens (tertiary/aromatic N) is 3. The number of primary amides is 1. The van der Waals surface area contributed by atoms with E-state index < -0.39 is 5.91 Å². The molecule has 6 nitrogen and oxygen atoms in total. The van der Waals surface area contributed by atoms with Crippen molar-refractivity contribution >= 4 is 27.8 Å². The third-order valence-corrected chi connectivity index (χ3v) is 7.64. The third-order valence-electron chi connectivity index (χ3n) is 7.64. The third kappa shape index (κ3) is 4.52. The van der Waals surface area contributed by atoms with E-state index in [0.717, 1.165) is 53.4 Å². The second-order valence-corrected chi connectivity index (χ2v) is 9.64. The summed E-state index contributed by atoms with van der Waals surface area (Å²) in [5.74, 6) is 1.50. The second kappa shape index (κ2) is 9.74. The Morgan fingerprint density at radius 1 is 1.14 bits per heavy atom. The summed E-state index contributed by atoms with van der Waals surface area (Å²) in [4.78, 5) is 21.1. The van der Waals surface area contributed by atoms with Gasteiger partial charge in [-0.2, -0.15) is 0 Å². The van der Waals surface area contributed by atoms with E-state index in [-0.39, 0.29) is 11.7 Å². The molecule has 2 heterocycles. The summed E-state index contributed by atoms with van der Waals surface area (Å²) in [5.41, 5.74) is 9.79. The molecule has 0 aliphatic heterocycles. The van der Waals surface area contributed by atoms with Gasteiger partial charge in [-0.25, -0.2) is 9.37 Å². The molecule has 1 aliphatic carbocycles. The van der Waals surface area contributed by atoms with E-state index in [1.807, 2.05) is 12.3 Å². The molecule has 1 amide bonds. The van der Waals surface area contributed by atoms with Crippen LogP contribution in [0.1, 0.15) is 66.2 Å². The topological polar surface area (TPSA) is 83.0 Å². The van der Waals surface area contributed by atoms with Gasteiger partial charge >= 0.3 is 0 Å². The fourth-order valence-electron chi connectivity index (χ4n) is 5.70. The Labute approximate surface area is 204 Å². The van der Waals surface area contributed by atoms with Gasteiger partial charge in [0.1, 0.15) is 11.6 Å². The van der Waals surface area contributed by atoms with E-state index in [1.165, 1.54) is 11.6 Å². The lowest BCUT2D eigenvalue weighted by Gasteiger charge is -2.33. The molecule has 1 saturated carbocycles. The first kappa shape index (κ1) is 23.4. The summed E-state index contributed by atoms with van der Waals surface area (Å²) in [7, 11) is 1.70. The monoisotopic (exact) mass is 474 g/mol. The molecule has 1 unspecified atom stereocenters. The highest BCUT2D eigenvalue weighted by Crippen LogP contribution is 2.43. The van der Waals surface area contributed by atoms with Gasteiger partial charge in [-0.05, 0) is 85.5 Å². The Kier molecular flexibility index (Phi) is 6.52. The first-order valence-electron chi connectivity index (χ1n) is 12.3. The normalized spacial score (nSPS) is 19.3. The van der Waals surface area contributed by atoms with Crippen molar-refractivity contribution in [2.75, 3.05) is 13.7 Å². The van der Waals surface area contributed by atoms with E-state index in [0.29, 0.717) is 30.6 Å². The molecule has 4 aromatic rings. The van der Waals surface area contributed by atoms with Crippen LogP contribution in [0.2, 0.25) is 0 Å². The van der Waals surface area contributed by atoms with Crippen molar-refractivity contribution in [1.82, 2.24) is 14.5 Å². The van der Waals surface area contributed by atoms with Gasteiger partial charge in [0.25, 0.3) is 0 Å². The molecule has 35 heavy (non-hydrogen) atoms. The predicted octanol–water partition coefficient (Wildman–Crippen LogP) is 5.55. The van der Waals surface area contributed by atoms with Gasteiger partial charge in [-0.3, -0.25) is 9.78 Å². The minimum absolute atomic E-state index is 0.219. The van der Waals surface area contributed by atoms with Crippen molar-refractivity contribution < 1.29 is 13.9 Å². The van der Waals surface area contributed by atoms with Crippen molar-refractivity contribution in [1.29, 1.82) is 0 Å². The molecule has 2 aromatic carbocycles. The van der Waals surface area contributed by atoms with Crippen LogP contribution in [0, 0.1) is 11.7 Å². The molecule has 7 heteroatoms. The Balaban J connectivity index is 1.39. The maximum absolute atomic E-state index is 14.0. The van der Waals surface area contributed by atoms with Gasteiger partial charge < -0.3 is 15.0 Å². The Bertz CT molecular complexity index is 1370. The second-order valence-electron chi connectivity index (χ2n) is 9.64. The van der Waals surface area contributed by atoms with E-state index in [9.17, 15) is 9.18 Å². The fourth-order valence-corrected chi connectivity index (χ4v) is 5.70. The summed E-state index contributed by atoms with van der Waals surface area (Å²) in [6.07, 6.45) is 6.09. The van der Waals surface area contributed by atoms with Crippen molar-refractivity contribution in [3.63, 3.8) is 0 Å². The molecule has 2 N–H and O–H groups in total. The molecule has 0 bridgehead atoms. The summed E-state index contributed by atoms with van der Waals surface area (Å²) < 4.78 is 21.5. The van der Waals surface area contributed by atoms with Crippen LogP contribution >= 0.6 is 0 Å². The molecule has 2 aromatic heterocycles. The number of nitrogens with two attached hydrogens (primary N) is 1. The molecule has 182 valence electrons. The van der Waals surface area contributed by atoms with E-state index in [2.05, 4.69) is 22.5 Å². The smallest absolute Gasteiger partial charge is 0.248 e. The number of rotatable bonds is 7. The number of hydrogen-bond donors (Lipinski definition) is 1. The molecular formula is C28H31FN4O2. The molecule has 0 spiro atoms. The maximum atomic E-state index is 14.0. The number of aromatic nitrogens is 3. The number of imidazole rings is 1. The number of benzene rings is 2. The molecule has 0 radical (unpaired) electrons. The molecule has 5 rings (SSSR count). The zero-order valence-corrected chi connectivity index (χ0v) is 20.2. The predicted molar refractivity (Wildman–Crippen MR) is 135 cm³/mol. The molecule has 1 fully saturated rings. The zero-order valence-electron chi connectivity index (χ0n) is 20.2. The van der Waals surface area contributed by atoms with Gasteiger partial charge in [-0.1, -0.05) is 6.92 Å². The standard InChI is InChI=1S/C28H31FN4O2/c1-17(28-32-25-15-20(27(30)34)7-10-26(25)33(28)13-14-35-2)18-3-5-19(6-4-18)22-11-12-31-24-9-8-21(29)16-23(22)24/h7-12,15-19H,3-6,13-14H2,1-2H3,(H2,30,34). The van der Waals surface area contributed by atoms with Crippen LogP contribution in [-0.2, 0) is 11.3 Å². The number of methoxy groups -OCH3 is 1. The highest BCUT2D eigenvalue weighted by molar-refractivity contribution is 5.96. The quantitative estimate of drug-likeness (QED) is 0.381. The van der Waals surface area contributed by atoms with Crippen molar-refractivity contribution in [3.05, 3.63) is 71.4 Å². The highest BCUT2D eigenvalue weighted by Gasteiger charge is 2.30. The number of pyridine rings is 1. The molecule has 1 aliphatic rings. The van der Waals surface area contributed by atoms with Gasteiger partial charge in [0, 0.05) is 36.7 Å². The van der Waals surface area contributed by atoms with Crippen LogP contribution in [0.4, 0.5) is 4.39 Å². The van der Waals surface area contributed by atoms with Crippen molar-refractivity contribution in [2.45, 2.75) is 51.0 Å². The number of amides is 1. The average Bonchev–Trinajstić information content (AvgIpc) is 3.24. The number of ether oxygens (including phenoxy) is 1. The largest absolute Gasteiger partial charge is 0.383 e. The van der Waals surface area contributed by atoms with Gasteiger partial charge in [0.2, 0.25) is 5.91 Å². The van der Waals surface area contributed by atoms with Crippen LogP contribution in [-0.4, -0.2) is 34.2 Å². The van der Waals surface area contributed by atoms with Crippen LogP contribution in [0.25, 0.3) is 21.9 Å². The molecule has 1 atom stereocenters. The fraction of sp³-hybridized carbons (Fsp3) is 0.393. The van der Waals surface area contributed by atoms with Gasteiger partial charge in [0.15, 0.2) is 0 Å². The first-order chi connectivity index (χ1) is 17.0. The molecular weight excluding hydrogens is 443 g/mol. The Morgan fingerprint density at radius 2 is 1.94 bits per heavy atom. The van der Waals surface area contributed by atoms with Crippen LogP contribution in [0.3, 0.4) is 0 Å².